The Kier molecular flexibility index (Phi) is 6.42. The topological polar surface area (TPSA) is 84.2 Å². The quantitative estimate of drug-likeness (QED) is 0.598. The summed E-state index contributed by atoms with van der Waals surface area (Å²) in [6.07, 6.45) is 2.84. The van der Waals surface area contributed by atoms with Crippen molar-refractivity contribution in [3.63, 3.8) is 0 Å². The van der Waals surface area contributed by atoms with Gasteiger partial charge in [0, 0.05) is 11.6 Å². The summed E-state index contributed by atoms with van der Waals surface area (Å²) < 4.78 is 34.4. The second kappa shape index (κ2) is 8.75. The summed E-state index contributed by atoms with van der Waals surface area (Å²) in [6.45, 7) is -1.06. The van der Waals surface area contributed by atoms with Crippen LogP contribution in [-0.4, -0.2) is 24.1 Å². The van der Waals surface area contributed by atoms with Crippen molar-refractivity contribution in [2.24, 2.45) is 0 Å². The van der Waals surface area contributed by atoms with Crippen LogP contribution in [0, 0.1) is 11.3 Å². The van der Waals surface area contributed by atoms with Crippen LogP contribution in [0.5, 0.6) is 11.5 Å². The average molecular weight is 365 g/mol. The fourth-order valence-corrected chi connectivity index (χ4v) is 2.36. The van der Waals surface area contributed by atoms with Crippen LogP contribution in [0.25, 0.3) is 6.08 Å². The number of hydrogen-bond donors (Lipinski definition) is 1. The van der Waals surface area contributed by atoms with E-state index in [4.69, 9.17) is 4.74 Å². The first kappa shape index (κ1) is 18.4. The van der Waals surface area contributed by atoms with E-state index in [0.717, 1.165) is 0 Å². The van der Waals surface area contributed by atoms with Gasteiger partial charge in [0.1, 0.15) is 11.6 Å². The second-order valence-corrected chi connectivity index (χ2v) is 5.37. The van der Waals surface area contributed by atoms with Crippen LogP contribution in [-0.2, 0) is 4.79 Å². The van der Waals surface area contributed by atoms with Gasteiger partial charge >= 0.3 is 6.61 Å². The third-order valence-electron chi connectivity index (χ3n) is 2.81. The number of carbonyl (C=O) groups excluding carboxylic acids is 1. The summed E-state index contributed by atoms with van der Waals surface area (Å²) in [5.74, 6) is -0.655. The normalized spacial score (nSPS) is 11.1. The zero-order valence-corrected chi connectivity index (χ0v) is 13.8. The van der Waals surface area contributed by atoms with Crippen molar-refractivity contribution in [2.45, 2.75) is 13.5 Å². The van der Waals surface area contributed by atoms with Gasteiger partial charge in [0.15, 0.2) is 16.6 Å². The molecular weight excluding hydrogens is 352 g/mol. The lowest BCUT2D eigenvalue weighted by Crippen LogP contribution is -2.13. The van der Waals surface area contributed by atoms with E-state index in [-0.39, 0.29) is 23.7 Å². The van der Waals surface area contributed by atoms with Crippen molar-refractivity contribution in [3.8, 4) is 17.6 Å². The molecule has 1 N–H and O–H groups in total. The van der Waals surface area contributed by atoms with Crippen LogP contribution in [0.2, 0.25) is 0 Å². The maximum atomic E-state index is 12.4. The van der Waals surface area contributed by atoms with Crippen LogP contribution in [0.15, 0.2) is 35.3 Å². The van der Waals surface area contributed by atoms with E-state index in [0.29, 0.717) is 10.7 Å². The lowest BCUT2D eigenvalue weighted by Gasteiger charge is -2.11. The minimum atomic E-state index is -2.99. The van der Waals surface area contributed by atoms with Crippen molar-refractivity contribution in [3.05, 3.63) is 40.9 Å². The Morgan fingerprint density at radius 2 is 2.28 bits per heavy atom. The molecule has 0 saturated heterocycles. The number of amides is 1. The summed E-state index contributed by atoms with van der Waals surface area (Å²) in [5.41, 5.74) is 0.260. The Labute approximate surface area is 146 Å². The summed E-state index contributed by atoms with van der Waals surface area (Å²) in [7, 11) is 0. The molecule has 0 atom stereocenters. The number of thiazole rings is 1. The first-order valence-corrected chi connectivity index (χ1v) is 7.95. The molecule has 0 unspecified atom stereocenters. The Hall–Kier alpha value is -2.99. The molecule has 25 heavy (non-hydrogen) atoms. The van der Waals surface area contributed by atoms with Gasteiger partial charge in [-0.3, -0.25) is 10.1 Å². The van der Waals surface area contributed by atoms with Crippen LogP contribution in [0.3, 0.4) is 0 Å². The molecule has 1 aromatic carbocycles. The highest BCUT2D eigenvalue weighted by Gasteiger charge is 2.14. The minimum Gasteiger partial charge on any atom is -0.490 e. The van der Waals surface area contributed by atoms with Gasteiger partial charge in [-0.15, -0.1) is 11.3 Å². The third kappa shape index (κ3) is 5.26. The first-order chi connectivity index (χ1) is 12.0. The molecule has 0 bridgehead atoms. The SMILES string of the molecule is CCOc1cc(/C=C(\C#N)C(=O)Nc2nccs2)ccc1OC(F)F. The van der Waals surface area contributed by atoms with E-state index >= 15 is 0 Å². The van der Waals surface area contributed by atoms with Gasteiger partial charge in [-0.25, -0.2) is 4.98 Å². The van der Waals surface area contributed by atoms with Gasteiger partial charge in [0.2, 0.25) is 0 Å². The standard InChI is InChI=1S/C16H13F2N3O3S/c1-2-23-13-8-10(3-4-12(13)24-15(17)18)7-11(9-19)14(22)21-16-20-5-6-25-16/h3-8,15H,2H2,1H3,(H,20,21,22)/b11-7+. The van der Waals surface area contributed by atoms with Gasteiger partial charge in [-0.05, 0) is 30.7 Å². The Morgan fingerprint density at radius 3 is 2.88 bits per heavy atom. The lowest BCUT2D eigenvalue weighted by molar-refractivity contribution is -0.112. The smallest absolute Gasteiger partial charge is 0.387 e. The van der Waals surface area contributed by atoms with Crippen molar-refractivity contribution >= 4 is 28.5 Å². The fraction of sp³-hybridized carbons (Fsp3) is 0.188. The van der Waals surface area contributed by atoms with Gasteiger partial charge in [-0.2, -0.15) is 14.0 Å². The molecule has 130 valence electrons. The Bertz CT molecular complexity index is 801. The molecule has 0 saturated carbocycles. The number of nitrogens with zero attached hydrogens (tertiary/aromatic N) is 2. The summed E-state index contributed by atoms with van der Waals surface area (Å²) in [5, 5.41) is 13.7. The molecule has 2 aromatic rings. The number of anilines is 1. The van der Waals surface area contributed by atoms with E-state index in [1.165, 1.54) is 41.8 Å². The van der Waals surface area contributed by atoms with Crippen LogP contribution < -0.4 is 14.8 Å². The zero-order chi connectivity index (χ0) is 18.2. The number of hydrogen-bond acceptors (Lipinski definition) is 6. The maximum absolute atomic E-state index is 12.4. The highest BCUT2D eigenvalue weighted by Crippen LogP contribution is 2.30. The molecule has 0 aliphatic rings. The van der Waals surface area contributed by atoms with Gasteiger partial charge in [0.25, 0.3) is 5.91 Å². The lowest BCUT2D eigenvalue weighted by atomic mass is 10.1. The molecule has 6 nitrogen and oxygen atoms in total. The number of carbonyl (C=O) groups is 1. The van der Waals surface area contributed by atoms with Crippen molar-refractivity contribution in [1.82, 2.24) is 4.98 Å². The average Bonchev–Trinajstić information content (AvgIpc) is 3.07. The van der Waals surface area contributed by atoms with Crippen LogP contribution >= 0.6 is 11.3 Å². The maximum Gasteiger partial charge on any atom is 0.387 e. The summed E-state index contributed by atoms with van der Waals surface area (Å²) in [6, 6.07) is 5.93. The number of halogens is 2. The number of benzene rings is 1. The van der Waals surface area contributed by atoms with Crippen LogP contribution in [0.1, 0.15) is 12.5 Å². The predicted molar refractivity (Wildman–Crippen MR) is 88.6 cm³/mol. The monoisotopic (exact) mass is 365 g/mol. The molecule has 0 spiro atoms. The number of nitrogens with one attached hydrogen (secondary N) is 1. The number of rotatable bonds is 7. The predicted octanol–water partition coefficient (Wildman–Crippen LogP) is 3.69. The molecule has 0 aliphatic heterocycles. The molecule has 0 radical (unpaired) electrons. The minimum absolute atomic E-state index is 0.0918. The molecule has 0 fully saturated rings. The second-order valence-electron chi connectivity index (χ2n) is 4.48. The van der Waals surface area contributed by atoms with E-state index in [2.05, 4.69) is 15.0 Å². The van der Waals surface area contributed by atoms with Crippen molar-refractivity contribution in [1.29, 1.82) is 5.26 Å². The van der Waals surface area contributed by atoms with Gasteiger partial charge in [0.05, 0.1) is 6.61 Å². The van der Waals surface area contributed by atoms with Gasteiger partial charge < -0.3 is 9.47 Å². The zero-order valence-electron chi connectivity index (χ0n) is 13.0. The largest absolute Gasteiger partial charge is 0.490 e. The molecule has 9 heteroatoms. The molecule has 1 heterocycles. The Morgan fingerprint density at radius 1 is 1.48 bits per heavy atom. The number of alkyl halides is 2. The molecule has 2 rings (SSSR count). The van der Waals surface area contributed by atoms with E-state index in [1.54, 1.807) is 18.4 Å². The first-order valence-electron chi connectivity index (χ1n) is 7.07. The van der Waals surface area contributed by atoms with E-state index in [1.807, 2.05) is 0 Å². The highest BCUT2D eigenvalue weighted by atomic mass is 32.1. The van der Waals surface area contributed by atoms with Crippen molar-refractivity contribution in [2.75, 3.05) is 11.9 Å². The number of ether oxygens (including phenoxy) is 2. The fourth-order valence-electron chi connectivity index (χ4n) is 1.84. The van der Waals surface area contributed by atoms with Gasteiger partial charge in [-0.1, -0.05) is 6.07 Å². The molecular formula is C16H13F2N3O3S. The van der Waals surface area contributed by atoms with Crippen molar-refractivity contribution < 1.29 is 23.0 Å². The van der Waals surface area contributed by atoms with E-state index < -0.39 is 12.5 Å². The number of aromatic nitrogens is 1. The highest BCUT2D eigenvalue weighted by molar-refractivity contribution is 7.13. The van der Waals surface area contributed by atoms with Crippen LogP contribution in [0.4, 0.5) is 13.9 Å². The summed E-state index contributed by atoms with van der Waals surface area (Å²) in [4.78, 5) is 16.0. The third-order valence-corrected chi connectivity index (χ3v) is 3.50. The molecule has 1 aromatic heterocycles. The molecule has 1 amide bonds. The Balaban J connectivity index is 2.26. The number of nitriles is 1. The molecule has 0 aliphatic carbocycles. The van der Waals surface area contributed by atoms with E-state index in [9.17, 15) is 18.8 Å². The summed E-state index contributed by atoms with van der Waals surface area (Å²) >= 11 is 1.21.